The molecule has 0 unspecified atom stereocenters. The SMILES string of the molecule is Fc1cccc2c1ccn1cc(Br)nc21. The van der Waals surface area contributed by atoms with Gasteiger partial charge in [-0.15, -0.1) is 0 Å². The van der Waals surface area contributed by atoms with Crippen LogP contribution in [-0.2, 0) is 0 Å². The van der Waals surface area contributed by atoms with Crippen molar-refractivity contribution in [3.63, 3.8) is 0 Å². The molecule has 15 heavy (non-hydrogen) atoms. The summed E-state index contributed by atoms with van der Waals surface area (Å²) >= 11 is 3.30. The predicted octanol–water partition coefficient (Wildman–Crippen LogP) is 3.39. The Labute approximate surface area is 93.5 Å². The molecule has 0 bridgehead atoms. The highest BCUT2D eigenvalue weighted by Gasteiger charge is 2.06. The number of benzene rings is 1. The topological polar surface area (TPSA) is 17.3 Å². The zero-order valence-corrected chi connectivity index (χ0v) is 9.20. The zero-order valence-electron chi connectivity index (χ0n) is 7.61. The van der Waals surface area contributed by atoms with E-state index in [0.29, 0.717) is 5.39 Å². The summed E-state index contributed by atoms with van der Waals surface area (Å²) in [6, 6.07) is 6.77. The Kier molecular flexibility index (Phi) is 1.79. The lowest BCUT2D eigenvalue weighted by molar-refractivity contribution is 0.640. The highest BCUT2D eigenvalue weighted by atomic mass is 79.9. The first kappa shape index (κ1) is 8.85. The fourth-order valence-corrected chi connectivity index (χ4v) is 2.12. The monoisotopic (exact) mass is 264 g/mol. The fraction of sp³-hybridized carbons (Fsp3) is 0. The number of hydrogen-bond donors (Lipinski definition) is 0. The fourth-order valence-electron chi connectivity index (χ4n) is 1.73. The van der Waals surface area contributed by atoms with Gasteiger partial charge in [0.1, 0.15) is 16.1 Å². The summed E-state index contributed by atoms with van der Waals surface area (Å²) in [4.78, 5) is 4.30. The molecule has 0 atom stereocenters. The van der Waals surface area contributed by atoms with Crippen LogP contribution in [0, 0.1) is 5.82 Å². The van der Waals surface area contributed by atoms with Gasteiger partial charge in [-0.25, -0.2) is 9.37 Å². The van der Waals surface area contributed by atoms with E-state index < -0.39 is 0 Å². The molecule has 2 aromatic heterocycles. The van der Waals surface area contributed by atoms with Gasteiger partial charge >= 0.3 is 0 Å². The van der Waals surface area contributed by atoms with Gasteiger partial charge in [-0.05, 0) is 28.1 Å². The van der Waals surface area contributed by atoms with Gasteiger partial charge in [-0.3, -0.25) is 0 Å². The molecule has 74 valence electrons. The third kappa shape index (κ3) is 1.25. The highest BCUT2D eigenvalue weighted by Crippen LogP contribution is 2.23. The molecule has 3 aromatic rings. The first-order valence-corrected chi connectivity index (χ1v) is 5.26. The summed E-state index contributed by atoms with van der Waals surface area (Å²) < 4.78 is 16.1. The quantitative estimate of drug-likeness (QED) is 0.609. The van der Waals surface area contributed by atoms with Crippen molar-refractivity contribution in [2.75, 3.05) is 0 Å². The summed E-state index contributed by atoms with van der Waals surface area (Å²) in [6.45, 7) is 0. The summed E-state index contributed by atoms with van der Waals surface area (Å²) in [5.41, 5.74) is 0.763. The number of fused-ring (bicyclic) bond motifs is 3. The molecule has 0 spiro atoms. The third-order valence-corrected chi connectivity index (χ3v) is 2.78. The van der Waals surface area contributed by atoms with Crippen molar-refractivity contribution in [2.45, 2.75) is 0 Å². The van der Waals surface area contributed by atoms with Crippen LogP contribution in [-0.4, -0.2) is 9.38 Å². The lowest BCUT2D eigenvalue weighted by atomic mass is 10.1. The van der Waals surface area contributed by atoms with Crippen molar-refractivity contribution in [3.8, 4) is 0 Å². The van der Waals surface area contributed by atoms with Crippen LogP contribution in [0.1, 0.15) is 0 Å². The van der Waals surface area contributed by atoms with Crippen LogP contribution in [0.15, 0.2) is 41.3 Å². The van der Waals surface area contributed by atoms with Gasteiger partial charge in [-0.2, -0.15) is 0 Å². The summed E-state index contributed by atoms with van der Waals surface area (Å²) in [6.07, 6.45) is 3.65. The molecule has 0 aliphatic rings. The molecule has 0 saturated heterocycles. The molecule has 3 rings (SSSR count). The molecule has 0 saturated carbocycles. The van der Waals surface area contributed by atoms with Crippen molar-refractivity contribution in [3.05, 3.63) is 47.1 Å². The predicted molar refractivity (Wildman–Crippen MR) is 60.4 cm³/mol. The van der Waals surface area contributed by atoms with Crippen LogP contribution >= 0.6 is 15.9 Å². The Morgan fingerprint density at radius 2 is 2.07 bits per heavy atom. The minimum Gasteiger partial charge on any atom is -0.305 e. The molecule has 4 heteroatoms. The summed E-state index contributed by atoms with van der Waals surface area (Å²) in [5, 5.41) is 1.42. The molecule has 0 N–H and O–H groups in total. The van der Waals surface area contributed by atoms with E-state index in [9.17, 15) is 4.39 Å². The molecular formula is C11H6BrFN2. The molecular weight excluding hydrogens is 259 g/mol. The van der Waals surface area contributed by atoms with E-state index in [-0.39, 0.29) is 5.82 Å². The van der Waals surface area contributed by atoms with Crippen LogP contribution in [0.4, 0.5) is 4.39 Å². The Balaban J connectivity index is 2.59. The van der Waals surface area contributed by atoms with E-state index in [0.717, 1.165) is 15.6 Å². The Hall–Kier alpha value is -1.42. The van der Waals surface area contributed by atoms with Gasteiger partial charge in [0.25, 0.3) is 0 Å². The molecule has 1 aromatic carbocycles. The van der Waals surface area contributed by atoms with Gasteiger partial charge in [0.15, 0.2) is 0 Å². The smallest absolute Gasteiger partial charge is 0.146 e. The maximum atomic E-state index is 13.5. The van der Waals surface area contributed by atoms with Crippen LogP contribution < -0.4 is 0 Å². The maximum absolute atomic E-state index is 13.5. The van der Waals surface area contributed by atoms with Crippen molar-refractivity contribution >= 4 is 32.3 Å². The molecule has 0 aliphatic heterocycles. The Morgan fingerprint density at radius 1 is 1.20 bits per heavy atom. The number of aromatic nitrogens is 2. The number of rotatable bonds is 0. The molecule has 2 heterocycles. The van der Waals surface area contributed by atoms with Gasteiger partial charge in [0.2, 0.25) is 0 Å². The second-order valence-corrected chi connectivity index (χ2v) is 4.12. The molecule has 0 fully saturated rings. The average molecular weight is 265 g/mol. The first-order chi connectivity index (χ1) is 7.25. The minimum absolute atomic E-state index is 0.214. The Morgan fingerprint density at radius 3 is 2.93 bits per heavy atom. The van der Waals surface area contributed by atoms with Crippen LogP contribution in [0.5, 0.6) is 0 Å². The second kappa shape index (κ2) is 3.03. The number of pyridine rings is 1. The van der Waals surface area contributed by atoms with E-state index in [4.69, 9.17) is 0 Å². The van der Waals surface area contributed by atoms with Crippen molar-refractivity contribution < 1.29 is 4.39 Å². The van der Waals surface area contributed by atoms with Crippen molar-refractivity contribution in [1.82, 2.24) is 9.38 Å². The normalized spacial score (nSPS) is 11.3. The van der Waals surface area contributed by atoms with E-state index in [2.05, 4.69) is 20.9 Å². The van der Waals surface area contributed by atoms with Crippen LogP contribution in [0.25, 0.3) is 16.4 Å². The molecule has 0 aliphatic carbocycles. The zero-order chi connectivity index (χ0) is 10.4. The van der Waals surface area contributed by atoms with Gasteiger partial charge in [-0.1, -0.05) is 12.1 Å². The molecule has 0 amide bonds. The number of halogens is 2. The summed E-state index contributed by atoms with van der Waals surface area (Å²) in [5.74, 6) is -0.214. The number of nitrogens with zero attached hydrogens (tertiary/aromatic N) is 2. The molecule has 2 nitrogen and oxygen atoms in total. The highest BCUT2D eigenvalue weighted by molar-refractivity contribution is 9.10. The van der Waals surface area contributed by atoms with E-state index in [1.165, 1.54) is 6.07 Å². The number of hydrogen-bond acceptors (Lipinski definition) is 1. The molecule has 0 radical (unpaired) electrons. The summed E-state index contributed by atoms with van der Waals surface area (Å²) in [7, 11) is 0. The lowest BCUT2D eigenvalue weighted by Gasteiger charge is -2.00. The van der Waals surface area contributed by atoms with Gasteiger partial charge in [0, 0.05) is 23.2 Å². The standard InChI is InChI=1S/C11H6BrFN2/c12-10-6-15-5-4-7-8(11(15)14-10)2-1-3-9(7)13/h1-6H. The maximum Gasteiger partial charge on any atom is 0.146 e. The van der Waals surface area contributed by atoms with Crippen LogP contribution in [0.2, 0.25) is 0 Å². The first-order valence-electron chi connectivity index (χ1n) is 4.47. The van der Waals surface area contributed by atoms with E-state index in [1.807, 2.05) is 16.7 Å². The number of imidazole rings is 1. The minimum atomic E-state index is -0.214. The van der Waals surface area contributed by atoms with Crippen molar-refractivity contribution in [1.29, 1.82) is 0 Å². The van der Waals surface area contributed by atoms with E-state index in [1.54, 1.807) is 18.3 Å². The van der Waals surface area contributed by atoms with Crippen molar-refractivity contribution in [2.24, 2.45) is 0 Å². The second-order valence-electron chi connectivity index (χ2n) is 3.31. The third-order valence-electron chi connectivity index (χ3n) is 2.40. The Bertz CT molecular complexity index is 660. The lowest BCUT2D eigenvalue weighted by Crippen LogP contribution is -1.86. The van der Waals surface area contributed by atoms with Gasteiger partial charge < -0.3 is 4.40 Å². The largest absolute Gasteiger partial charge is 0.305 e. The average Bonchev–Trinajstić information content (AvgIpc) is 2.59. The van der Waals surface area contributed by atoms with Gasteiger partial charge in [0.05, 0.1) is 0 Å². The van der Waals surface area contributed by atoms with Crippen LogP contribution in [0.3, 0.4) is 0 Å². The van der Waals surface area contributed by atoms with E-state index >= 15 is 0 Å².